The molecule has 1 heterocycles. The first-order valence-corrected chi connectivity index (χ1v) is 3.27. The van der Waals surface area contributed by atoms with E-state index in [1.807, 2.05) is 0 Å². The van der Waals surface area contributed by atoms with E-state index in [0.717, 1.165) is 19.6 Å². The predicted molar refractivity (Wildman–Crippen MR) is 35.5 cm³/mol. The number of aliphatic hydroxyl groups is 1. The molecule has 0 aromatic rings. The zero-order valence-electron chi connectivity index (χ0n) is 5.65. The van der Waals surface area contributed by atoms with E-state index in [4.69, 9.17) is 5.11 Å². The van der Waals surface area contributed by atoms with Crippen LogP contribution in [0.15, 0.2) is 0 Å². The quantitative estimate of drug-likeness (QED) is 0.446. The van der Waals surface area contributed by atoms with Gasteiger partial charge in [0.25, 0.3) is 0 Å². The minimum atomic E-state index is 0.166. The maximum atomic E-state index is 8.99. The van der Waals surface area contributed by atoms with Gasteiger partial charge < -0.3 is 15.7 Å². The molecule has 3 N–H and O–H groups in total. The molecular formula is C6H13N2O. The Kier molecular flexibility index (Phi) is 2.45. The molecule has 0 bridgehead atoms. The highest BCUT2D eigenvalue weighted by Crippen LogP contribution is 2.00. The Morgan fingerprint density at radius 2 is 2.33 bits per heavy atom. The number of nitrogens with one attached hydrogen (secondary N) is 2. The first-order chi connectivity index (χ1) is 4.30. The van der Waals surface area contributed by atoms with Gasteiger partial charge in [-0.25, -0.2) is 0 Å². The van der Waals surface area contributed by atoms with Crippen LogP contribution < -0.4 is 10.6 Å². The molecule has 3 nitrogen and oxygen atoms in total. The lowest BCUT2D eigenvalue weighted by Crippen LogP contribution is -2.50. The molecule has 0 saturated carbocycles. The van der Waals surface area contributed by atoms with E-state index in [1.54, 1.807) is 6.92 Å². The predicted octanol–water partition coefficient (Wildman–Crippen LogP) is -0.528. The summed E-state index contributed by atoms with van der Waals surface area (Å²) in [4.78, 5) is 0. The first kappa shape index (κ1) is 6.99. The highest BCUT2D eigenvalue weighted by atomic mass is 16.3. The largest absolute Gasteiger partial charge is 0.385 e. The van der Waals surface area contributed by atoms with Gasteiger partial charge in [-0.3, -0.25) is 0 Å². The zero-order chi connectivity index (χ0) is 6.69. The third-order valence-electron chi connectivity index (χ3n) is 1.55. The first-order valence-electron chi connectivity index (χ1n) is 3.27. The van der Waals surface area contributed by atoms with Crippen molar-refractivity contribution in [3.8, 4) is 0 Å². The SMILES string of the molecule is C[C](O)C1CNCCN1. The molecule has 1 fully saturated rings. The molecular weight excluding hydrogens is 116 g/mol. The lowest BCUT2D eigenvalue weighted by Gasteiger charge is -2.25. The van der Waals surface area contributed by atoms with Crippen molar-refractivity contribution in [3.05, 3.63) is 6.10 Å². The topological polar surface area (TPSA) is 44.3 Å². The fraction of sp³-hybridized carbons (Fsp3) is 0.833. The molecule has 9 heavy (non-hydrogen) atoms. The van der Waals surface area contributed by atoms with Crippen LogP contribution in [0.5, 0.6) is 0 Å². The van der Waals surface area contributed by atoms with Crippen molar-refractivity contribution in [1.82, 2.24) is 10.6 Å². The normalized spacial score (nSPS) is 29.0. The van der Waals surface area contributed by atoms with Crippen molar-refractivity contribution in [2.24, 2.45) is 0 Å². The van der Waals surface area contributed by atoms with E-state index in [9.17, 15) is 0 Å². The summed E-state index contributed by atoms with van der Waals surface area (Å²) in [6.07, 6.45) is 0.474. The van der Waals surface area contributed by atoms with Crippen LogP contribution in [0.25, 0.3) is 0 Å². The van der Waals surface area contributed by atoms with E-state index in [1.165, 1.54) is 0 Å². The summed E-state index contributed by atoms with van der Waals surface area (Å²) < 4.78 is 0. The number of hydrogen-bond acceptors (Lipinski definition) is 3. The van der Waals surface area contributed by atoms with Crippen LogP contribution in [-0.2, 0) is 0 Å². The molecule has 1 aliphatic heterocycles. The molecule has 1 saturated heterocycles. The van der Waals surface area contributed by atoms with E-state index in [-0.39, 0.29) is 6.04 Å². The van der Waals surface area contributed by atoms with Gasteiger partial charge in [-0.1, -0.05) is 0 Å². The molecule has 1 aliphatic rings. The van der Waals surface area contributed by atoms with Gasteiger partial charge in [0.1, 0.15) is 6.10 Å². The Bertz CT molecular complexity index is 79.1. The summed E-state index contributed by atoms with van der Waals surface area (Å²) in [5.41, 5.74) is 0. The molecule has 1 atom stereocenters. The van der Waals surface area contributed by atoms with Gasteiger partial charge in [-0.2, -0.15) is 0 Å². The average molecular weight is 129 g/mol. The van der Waals surface area contributed by atoms with Crippen LogP contribution in [0.1, 0.15) is 6.92 Å². The Labute approximate surface area is 55.5 Å². The molecule has 53 valence electrons. The summed E-state index contributed by atoms with van der Waals surface area (Å²) >= 11 is 0. The summed E-state index contributed by atoms with van der Waals surface area (Å²) in [5, 5.41) is 15.3. The maximum Gasteiger partial charge on any atom is 0.108 e. The van der Waals surface area contributed by atoms with Crippen molar-refractivity contribution in [2.75, 3.05) is 19.6 Å². The van der Waals surface area contributed by atoms with Gasteiger partial charge in [0, 0.05) is 19.6 Å². The van der Waals surface area contributed by atoms with Gasteiger partial charge >= 0.3 is 0 Å². The van der Waals surface area contributed by atoms with Crippen molar-refractivity contribution in [1.29, 1.82) is 0 Å². The molecule has 1 radical (unpaired) electrons. The van der Waals surface area contributed by atoms with E-state index >= 15 is 0 Å². The van der Waals surface area contributed by atoms with Gasteiger partial charge in [0.15, 0.2) is 0 Å². The van der Waals surface area contributed by atoms with Crippen LogP contribution in [0.4, 0.5) is 0 Å². The molecule has 0 aromatic carbocycles. The Balaban J connectivity index is 2.23. The molecule has 1 unspecified atom stereocenters. The fourth-order valence-electron chi connectivity index (χ4n) is 0.949. The van der Waals surface area contributed by atoms with Crippen LogP contribution >= 0.6 is 0 Å². The zero-order valence-corrected chi connectivity index (χ0v) is 5.65. The third kappa shape index (κ3) is 1.93. The second-order valence-corrected chi connectivity index (χ2v) is 2.35. The second-order valence-electron chi connectivity index (χ2n) is 2.35. The minimum Gasteiger partial charge on any atom is -0.385 e. The lowest BCUT2D eigenvalue weighted by molar-refractivity contribution is 0.236. The van der Waals surface area contributed by atoms with Crippen LogP contribution in [-0.4, -0.2) is 30.8 Å². The molecule has 1 rings (SSSR count). The lowest BCUT2D eigenvalue weighted by atomic mass is 10.1. The highest BCUT2D eigenvalue weighted by Gasteiger charge is 2.16. The molecule has 0 amide bonds. The van der Waals surface area contributed by atoms with Gasteiger partial charge in [0.2, 0.25) is 0 Å². The van der Waals surface area contributed by atoms with Crippen molar-refractivity contribution < 1.29 is 5.11 Å². The summed E-state index contributed by atoms with van der Waals surface area (Å²) in [6.45, 7) is 4.53. The van der Waals surface area contributed by atoms with Gasteiger partial charge in [-0.15, -0.1) is 0 Å². The Morgan fingerprint density at radius 1 is 1.56 bits per heavy atom. The van der Waals surface area contributed by atoms with E-state index < -0.39 is 0 Å². The highest BCUT2D eigenvalue weighted by molar-refractivity contribution is 4.90. The minimum absolute atomic E-state index is 0.166. The second kappa shape index (κ2) is 3.15. The standard InChI is InChI=1S/C6H13N2O/c1-5(9)6-4-7-2-3-8-6/h6-9H,2-4H2,1H3. The van der Waals surface area contributed by atoms with Crippen molar-refractivity contribution >= 4 is 0 Å². The maximum absolute atomic E-state index is 8.99. The molecule has 0 aromatic heterocycles. The molecule has 0 aliphatic carbocycles. The summed E-state index contributed by atoms with van der Waals surface area (Å²) in [7, 11) is 0. The summed E-state index contributed by atoms with van der Waals surface area (Å²) in [5.74, 6) is 0. The smallest absolute Gasteiger partial charge is 0.108 e. The van der Waals surface area contributed by atoms with Gasteiger partial charge in [-0.05, 0) is 6.92 Å². The van der Waals surface area contributed by atoms with E-state index in [0.29, 0.717) is 6.10 Å². The van der Waals surface area contributed by atoms with Crippen LogP contribution in [0.2, 0.25) is 0 Å². The molecule has 3 heteroatoms. The van der Waals surface area contributed by atoms with Crippen LogP contribution in [0.3, 0.4) is 0 Å². The van der Waals surface area contributed by atoms with Crippen LogP contribution in [0, 0.1) is 6.10 Å². The number of hydrogen-bond donors (Lipinski definition) is 3. The van der Waals surface area contributed by atoms with Gasteiger partial charge in [0.05, 0.1) is 6.04 Å². The van der Waals surface area contributed by atoms with Crippen molar-refractivity contribution in [2.45, 2.75) is 13.0 Å². The Morgan fingerprint density at radius 3 is 2.67 bits per heavy atom. The Hall–Kier alpha value is -0.120. The average Bonchev–Trinajstić information content (AvgIpc) is 1.90. The van der Waals surface area contributed by atoms with Crippen molar-refractivity contribution in [3.63, 3.8) is 0 Å². The van der Waals surface area contributed by atoms with E-state index in [2.05, 4.69) is 10.6 Å². The monoisotopic (exact) mass is 129 g/mol. The number of piperazine rings is 1. The number of rotatable bonds is 1. The fourth-order valence-corrected chi connectivity index (χ4v) is 0.949. The summed E-state index contributed by atoms with van der Waals surface area (Å²) in [6, 6.07) is 0.166. The molecule has 0 spiro atoms. The number of aliphatic hydroxyl groups excluding tert-OH is 1. The third-order valence-corrected chi connectivity index (χ3v) is 1.55.